The van der Waals surface area contributed by atoms with Gasteiger partial charge in [0.1, 0.15) is 11.5 Å². The Morgan fingerprint density at radius 1 is 1.18 bits per heavy atom. The number of ether oxygens (including phenoxy) is 1. The van der Waals surface area contributed by atoms with Crippen molar-refractivity contribution in [1.82, 2.24) is 19.3 Å². The lowest BCUT2D eigenvalue weighted by Crippen LogP contribution is -2.36. The smallest absolute Gasteiger partial charge is 0.330 e. The second kappa shape index (κ2) is 10.8. The Kier molecular flexibility index (Phi) is 7.83. The quantitative estimate of drug-likeness (QED) is 0.429. The first-order chi connectivity index (χ1) is 15.8. The molecule has 2 heterocycles. The number of amides is 1. The second-order valence-corrected chi connectivity index (χ2v) is 7.79. The number of hydrogen-bond acceptors (Lipinski definition) is 6. The summed E-state index contributed by atoms with van der Waals surface area (Å²) >= 11 is 0. The van der Waals surface area contributed by atoms with Crippen LogP contribution in [-0.2, 0) is 36.1 Å². The van der Waals surface area contributed by atoms with Gasteiger partial charge in [-0.15, -0.1) is 0 Å². The molecule has 0 saturated heterocycles. The minimum atomic E-state index is -0.614. The first kappa shape index (κ1) is 24.0. The third-order valence-corrected chi connectivity index (χ3v) is 5.55. The molecular weight excluding hydrogens is 424 g/mol. The molecule has 0 aliphatic carbocycles. The molecule has 0 atom stereocenters. The molecule has 0 unspecified atom stereocenters. The summed E-state index contributed by atoms with van der Waals surface area (Å²) in [6.45, 7) is 4.62. The molecular formula is C23H30N6O4. The first-order valence-corrected chi connectivity index (χ1v) is 10.7. The van der Waals surface area contributed by atoms with Crippen molar-refractivity contribution in [2.75, 3.05) is 24.4 Å². The number of carbonyl (C=O) groups is 1. The van der Waals surface area contributed by atoms with Gasteiger partial charge in [-0.25, -0.2) is 4.79 Å². The molecule has 0 radical (unpaired) electrons. The molecule has 10 heteroatoms. The van der Waals surface area contributed by atoms with E-state index in [1.54, 1.807) is 4.68 Å². The summed E-state index contributed by atoms with van der Waals surface area (Å²) in [6.07, 6.45) is 0.673. The third kappa shape index (κ3) is 5.78. The SMILES string of the molecule is COCCn1c(NC(=O)CCc2c(C)nn(C)c2C)c(NCc2ccccc2)c(=O)[nH]c1=O. The van der Waals surface area contributed by atoms with Crippen LogP contribution >= 0.6 is 0 Å². The lowest BCUT2D eigenvalue weighted by molar-refractivity contribution is -0.116. The van der Waals surface area contributed by atoms with Gasteiger partial charge in [-0.3, -0.25) is 23.8 Å². The van der Waals surface area contributed by atoms with Crippen molar-refractivity contribution >= 4 is 17.4 Å². The molecule has 176 valence electrons. The molecule has 10 nitrogen and oxygen atoms in total. The molecule has 3 rings (SSSR count). The monoisotopic (exact) mass is 454 g/mol. The standard InChI is InChI=1S/C23H30N6O4/c1-15-18(16(2)28(3)27-15)10-11-19(30)25-21-20(24-14-17-8-6-5-7-9-17)22(31)26-23(32)29(21)12-13-33-4/h5-9,24H,10-14H2,1-4H3,(H,25,30)(H,26,31,32). The highest BCUT2D eigenvalue weighted by atomic mass is 16.5. The number of hydrogen-bond donors (Lipinski definition) is 3. The Balaban J connectivity index is 1.87. The maximum absolute atomic E-state index is 12.9. The van der Waals surface area contributed by atoms with Crippen LogP contribution in [0, 0.1) is 13.8 Å². The number of aryl methyl sites for hydroxylation is 2. The van der Waals surface area contributed by atoms with E-state index >= 15 is 0 Å². The van der Waals surface area contributed by atoms with Crippen LogP contribution in [-0.4, -0.2) is 39.0 Å². The molecule has 3 aromatic rings. The van der Waals surface area contributed by atoms with Crippen LogP contribution < -0.4 is 21.9 Å². The van der Waals surface area contributed by atoms with E-state index in [4.69, 9.17) is 4.74 Å². The van der Waals surface area contributed by atoms with Gasteiger partial charge in [0.15, 0.2) is 0 Å². The molecule has 0 aliphatic rings. The summed E-state index contributed by atoms with van der Waals surface area (Å²) < 4.78 is 8.19. The van der Waals surface area contributed by atoms with Crippen molar-refractivity contribution in [2.24, 2.45) is 7.05 Å². The summed E-state index contributed by atoms with van der Waals surface area (Å²) in [5.74, 6) is -0.182. The van der Waals surface area contributed by atoms with E-state index in [1.807, 2.05) is 51.2 Å². The molecule has 3 N–H and O–H groups in total. The van der Waals surface area contributed by atoms with Gasteiger partial charge in [0.25, 0.3) is 5.56 Å². The lowest BCUT2D eigenvalue weighted by Gasteiger charge is -2.18. The van der Waals surface area contributed by atoms with Crippen LogP contribution in [0.5, 0.6) is 0 Å². The van der Waals surface area contributed by atoms with Gasteiger partial charge in [0.2, 0.25) is 5.91 Å². The molecule has 0 fully saturated rings. The maximum Gasteiger partial charge on any atom is 0.330 e. The van der Waals surface area contributed by atoms with Gasteiger partial charge in [-0.1, -0.05) is 30.3 Å². The second-order valence-electron chi connectivity index (χ2n) is 7.79. The normalized spacial score (nSPS) is 10.9. The van der Waals surface area contributed by atoms with Crippen LogP contribution in [0.1, 0.15) is 28.9 Å². The first-order valence-electron chi connectivity index (χ1n) is 10.7. The number of aromatic nitrogens is 4. The number of H-pyrrole nitrogens is 1. The van der Waals surface area contributed by atoms with Gasteiger partial charge >= 0.3 is 5.69 Å². The average molecular weight is 455 g/mol. The van der Waals surface area contributed by atoms with E-state index in [0.29, 0.717) is 13.0 Å². The van der Waals surface area contributed by atoms with Gasteiger partial charge in [0, 0.05) is 32.8 Å². The van der Waals surface area contributed by atoms with Crippen LogP contribution in [0.3, 0.4) is 0 Å². The zero-order chi connectivity index (χ0) is 24.0. The van der Waals surface area contributed by atoms with Gasteiger partial charge in [0.05, 0.1) is 18.8 Å². The molecule has 1 amide bonds. The zero-order valence-electron chi connectivity index (χ0n) is 19.4. The molecule has 0 saturated carbocycles. The third-order valence-electron chi connectivity index (χ3n) is 5.55. The fourth-order valence-electron chi connectivity index (χ4n) is 3.66. The number of benzene rings is 1. The highest BCUT2D eigenvalue weighted by molar-refractivity contribution is 5.93. The summed E-state index contributed by atoms with van der Waals surface area (Å²) in [7, 11) is 3.38. The van der Waals surface area contributed by atoms with Crippen molar-refractivity contribution in [3.63, 3.8) is 0 Å². The van der Waals surface area contributed by atoms with Crippen LogP contribution in [0.15, 0.2) is 39.9 Å². The van der Waals surface area contributed by atoms with E-state index in [2.05, 4.69) is 20.7 Å². The van der Waals surface area contributed by atoms with Crippen LogP contribution in [0.4, 0.5) is 11.5 Å². The number of anilines is 2. The summed E-state index contributed by atoms with van der Waals surface area (Å²) in [5, 5.41) is 10.2. The van der Waals surface area contributed by atoms with E-state index < -0.39 is 11.2 Å². The lowest BCUT2D eigenvalue weighted by atomic mass is 10.1. The molecule has 2 aromatic heterocycles. The summed E-state index contributed by atoms with van der Waals surface area (Å²) in [4.78, 5) is 40.3. The van der Waals surface area contributed by atoms with Crippen LogP contribution in [0.2, 0.25) is 0 Å². The molecule has 0 aliphatic heterocycles. The Morgan fingerprint density at radius 2 is 1.91 bits per heavy atom. The topological polar surface area (TPSA) is 123 Å². The number of methoxy groups -OCH3 is 1. The van der Waals surface area contributed by atoms with Crippen molar-refractivity contribution in [2.45, 2.75) is 39.8 Å². The van der Waals surface area contributed by atoms with Crippen molar-refractivity contribution in [3.05, 3.63) is 73.7 Å². The summed E-state index contributed by atoms with van der Waals surface area (Å²) in [6, 6.07) is 9.52. The van der Waals surface area contributed by atoms with Gasteiger partial charge in [-0.2, -0.15) is 5.10 Å². The Hall–Kier alpha value is -3.66. The predicted molar refractivity (Wildman–Crippen MR) is 127 cm³/mol. The largest absolute Gasteiger partial charge is 0.383 e. The van der Waals surface area contributed by atoms with Crippen molar-refractivity contribution in [3.8, 4) is 0 Å². The molecule has 1 aromatic carbocycles. The minimum absolute atomic E-state index is 0.122. The average Bonchev–Trinajstić information content (AvgIpc) is 3.03. The zero-order valence-corrected chi connectivity index (χ0v) is 19.4. The van der Waals surface area contributed by atoms with Gasteiger partial charge in [-0.05, 0) is 31.4 Å². The Morgan fingerprint density at radius 3 is 2.55 bits per heavy atom. The Bertz CT molecular complexity index is 1230. The van der Waals surface area contributed by atoms with E-state index in [-0.39, 0.29) is 37.0 Å². The van der Waals surface area contributed by atoms with Crippen LogP contribution in [0.25, 0.3) is 0 Å². The van der Waals surface area contributed by atoms with Crippen molar-refractivity contribution in [1.29, 1.82) is 0 Å². The Labute approximate surface area is 191 Å². The molecule has 0 spiro atoms. The van der Waals surface area contributed by atoms with E-state index in [9.17, 15) is 14.4 Å². The van der Waals surface area contributed by atoms with E-state index in [1.165, 1.54) is 11.7 Å². The minimum Gasteiger partial charge on any atom is -0.383 e. The number of nitrogens with one attached hydrogen (secondary N) is 3. The number of nitrogens with zero attached hydrogens (tertiary/aromatic N) is 3. The van der Waals surface area contributed by atoms with E-state index in [0.717, 1.165) is 22.5 Å². The summed E-state index contributed by atoms with van der Waals surface area (Å²) in [5.41, 5.74) is 2.75. The number of carbonyl (C=O) groups excluding carboxylic acids is 1. The van der Waals surface area contributed by atoms with Gasteiger partial charge < -0.3 is 15.4 Å². The maximum atomic E-state index is 12.9. The highest BCUT2D eigenvalue weighted by Gasteiger charge is 2.18. The molecule has 33 heavy (non-hydrogen) atoms. The molecule has 0 bridgehead atoms. The fourth-order valence-corrected chi connectivity index (χ4v) is 3.66. The highest BCUT2D eigenvalue weighted by Crippen LogP contribution is 2.18. The predicted octanol–water partition coefficient (Wildman–Crippen LogP) is 1.72. The number of aromatic amines is 1. The number of rotatable bonds is 10. The fraction of sp³-hybridized carbons (Fsp3) is 0.391. The van der Waals surface area contributed by atoms with Crippen molar-refractivity contribution < 1.29 is 9.53 Å².